The molecule has 0 radical (unpaired) electrons. The van der Waals surface area contributed by atoms with Gasteiger partial charge in [-0.05, 0) is 33.1 Å². The summed E-state index contributed by atoms with van der Waals surface area (Å²) in [4.78, 5) is 26.1. The summed E-state index contributed by atoms with van der Waals surface area (Å²) in [6.45, 7) is 5.52. The zero-order valence-corrected chi connectivity index (χ0v) is 11.8. The van der Waals surface area contributed by atoms with Gasteiger partial charge in [-0.3, -0.25) is 4.79 Å². The van der Waals surface area contributed by atoms with Crippen LogP contribution in [0.25, 0.3) is 0 Å². The molecular weight excluding hydrogens is 248 g/mol. The number of amides is 2. The molecule has 0 aliphatic carbocycles. The van der Waals surface area contributed by atoms with E-state index in [0.717, 1.165) is 6.42 Å². The van der Waals surface area contributed by atoms with Crippen LogP contribution < -0.4 is 0 Å². The molecule has 0 bridgehead atoms. The van der Waals surface area contributed by atoms with Gasteiger partial charge in [0.15, 0.2) is 0 Å². The third-order valence-corrected chi connectivity index (χ3v) is 3.58. The van der Waals surface area contributed by atoms with Crippen LogP contribution in [0.3, 0.4) is 0 Å². The molecule has 2 N–H and O–H groups in total. The molecule has 1 atom stereocenters. The van der Waals surface area contributed by atoms with Gasteiger partial charge in [-0.25, -0.2) is 4.79 Å². The molecule has 0 aromatic carbocycles. The van der Waals surface area contributed by atoms with Gasteiger partial charge in [0.05, 0.1) is 12.0 Å². The molecule has 1 aliphatic rings. The highest BCUT2D eigenvalue weighted by atomic mass is 16.4. The van der Waals surface area contributed by atoms with Gasteiger partial charge in [-0.1, -0.05) is 0 Å². The Morgan fingerprint density at radius 1 is 1.32 bits per heavy atom. The number of aliphatic carboxylic acids is 1. The van der Waals surface area contributed by atoms with E-state index in [0.29, 0.717) is 32.5 Å². The molecule has 1 rings (SSSR count). The van der Waals surface area contributed by atoms with E-state index in [2.05, 4.69) is 0 Å². The van der Waals surface area contributed by atoms with Crippen molar-refractivity contribution in [2.45, 2.75) is 45.1 Å². The zero-order valence-electron chi connectivity index (χ0n) is 11.8. The van der Waals surface area contributed by atoms with Gasteiger partial charge in [0.1, 0.15) is 0 Å². The first-order chi connectivity index (χ1) is 8.85. The van der Waals surface area contributed by atoms with Crippen molar-refractivity contribution >= 4 is 12.0 Å². The van der Waals surface area contributed by atoms with Crippen molar-refractivity contribution in [2.24, 2.45) is 0 Å². The predicted molar refractivity (Wildman–Crippen MR) is 70.9 cm³/mol. The minimum absolute atomic E-state index is 0.0366. The summed E-state index contributed by atoms with van der Waals surface area (Å²) in [5.74, 6) is -0.898. The van der Waals surface area contributed by atoms with Crippen LogP contribution in [0.2, 0.25) is 0 Å². The lowest BCUT2D eigenvalue weighted by molar-refractivity contribution is -0.137. The van der Waals surface area contributed by atoms with E-state index in [9.17, 15) is 14.7 Å². The maximum atomic E-state index is 12.3. The lowest BCUT2D eigenvalue weighted by Crippen LogP contribution is -2.44. The number of carbonyl (C=O) groups is 2. The first-order valence-electron chi connectivity index (χ1n) is 6.84. The normalized spacial score (nSPS) is 23.8. The topological polar surface area (TPSA) is 81.1 Å². The van der Waals surface area contributed by atoms with Crippen LogP contribution in [0.5, 0.6) is 0 Å². The van der Waals surface area contributed by atoms with Gasteiger partial charge >= 0.3 is 12.0 Å². The van der Waals surface area contributed by atoms with Crippen LogP contribution in [0.1, 0.15) is 39.5 Å². The summed E-state index contributed by atoms with van der Waals surface area (Å²) in [6, 6.07) is -0.124. The summed E-state index contributed by atoms with van der Waals surface area (Å²) >= 11 is 0. The van der Waals surface area contributed by atoms with Crippen LogP contribution in [0.15, 0.2) is 0 Å². The van der Waals surface area contributed by atoms with E-state index in [1.54, 1.807) is 16.7 Å². The van der Waals surface area contributed by atoms with Gasteiger partial charge in [-0.15, -0.1) is 0 Å². The Balaban J connectivity index is 2.56. The third kappa shape index (κ3) is 5.06. The monoisotopic (exact) mass is 272 g/mol. The van der Waals surface area contributed by atoms with E-state index in [1.165, 1.54) is 0 Å². The Labute approximate surface area is 114 Å². The van der Waals surface area contributed by atoms with Crippen molar-refractivity contribution in [3.05, 3.63) is 0 Å². The summed E-state index contributed by atoms with van der Waals surface area (Å²) < 4.78 is 0. The van der Waals surface area contributed by atoms with Crippen molar-refractivity contribution in [2.75, 3.05) is 26.2 Å². The van der Waals surface area contributed by atoms with Crippen LogP contribution in [-0.2, 0) is 4.79 Å². The fraction of sp³-hybridized carbons (Fsp3) is 0.846. The molecule has 1 fully saturated rings. The second-order valence-corrected chi connectivity index (χ2v) is 5.34. The number of hydrogen-bond acceptors (Lipinski definition) is 3. The van der Waals surface area contributed by atoms with E-state index in [1.807, 2.05) is 6.92 Å². The third-order valence-electron chi connectivity index (χ3n) is 3.58. The Bertz CT molecular complexity index is 331. The molecule has 0 aromatic rings. The zero-order chi connectivity index (χ0) is 14.5. The number of rotatable bonds is 4. The molecule has 0 saturated carbocycles. The second-order valence-electron chi connectivity index (χ2n) is 5.34. The van der Waals surface area contributed by atoms with Crippen LogP contribution in [-0.4, -0.2) is 63.8 Å². The Morgan fingerprint density at radius 2 is 2.00 bits per heavy atom. The molecule has 0 aromatic heterocycles. The number of aliphatic hydroxyl groups is 1. The number of urea groups is 1. The fourth-order valence-electron chi connectivity index (χ4n) is 2.27. The average molecular weight is 272 g/mol. The highest BCUT2D eigenvalue weighted by Gasteiger charge is 2.28. The SMILES string of the molecule is CCN(CCC(=O)O)C(=O)N1CCCC(C)(O)CC1. The average Bonchev–Trinajstić information content (AvgIpc) is 2.50. The number of carboxylic acid groups (broad SMARTS) is 1. The first kappa shape index (κ1) is 15.8. The van der Waals surface area contributed by atoms with E-state index in [-0.39, 0.29) is 19.0 Å². The summed E-state index contributed by atoms with van der Waals surface area (Å²) in [6.07, 6.45) is 1.99. The van der Waals surface area contributed by atoms with Crippen molar-refractivity contribution < 1.29 is 19.8 Å². The minimum atomic E-state index is -0.898. The lowest BCUT2D eigenvalue weighted by atomic mass is 9.98. The minimum Gasteiger partial charge on any atom is -0.481 e. The number of likely N-dealkylation sites (tertiary alicyclic amines) is 1. The van der Waals surface area contributed by atoms with Gasteiger partial charge in [0, 0.05) is 26.2 Å². The lowest BCUT2D eigenvalue weighted by Gasteiger charge is -2.29. The molecular formula is C13H24N2O4. The van der Waals surface area contributed by atoms with Crippen molar-refractivity contribution in [3.63, 3.8) is 0 Å². The standard InChI is InChI=1S/C13H24N2O4/c1-3-14(9-5-11(16)17)12(18)15-8-4-6-13(2,19)7-10-15/h19H,3-10H2,1-2H3,(H,16,17). The van der Waals surface area contributed by atoms with Crippen LogP contribution >= 0.6 is 0 Å². The van der Waals surface area contributed by atoms with Crippen LogP contribution in [0, 0.1) is 0 Å². The number of hydrogen-bond donors (Lipinski definition) is 2. The molecule has 1 aliphatic heterocycles. The maximum Gasteiger partial charge on any atom is 0.320 e. The molecule has 1 saturated heterocycles. The Kier molecular flexibility index (Phi) is 5.60. The molecule has 6 heteroatoms. The predicted octanol–water partition coefficient (Wildman–Crippen LogP) is 1.14. The molecule has 1 unspecified atom stereocenters. The molecule has 1 heterocycles. The number of carbonyl (C=O) groups excluding carboxylic acids is 1. The van der Waals surface area contributed by atoms with Crippen molar-refractivity contribution in [1.29, 1.82) is 0 Å². The second kappa shape index (κ2) is 6.75. The Morgan fingerprint density at radius 3 is 2.58 bits per heavy atom. The maximum absolute atomic E-state index is 12.3. The summed E-state index contributed by atoms with van der Waals surface area (Å²) in [5, 5.41) is 18.7. The van der Waals surface area contributed by atoms with Crippen molar-refractivity contribution in [3.8, 4) is 0 Å². The van der Waals surface area contributed by atoms with E-state index in [4.69, 9.17) is 5.11 Å². The first-order valence-corrected chi connectivity index (χ1v) is 6.84. The molecule has 19 heavy (non-hydrogen) atoms. The van der Waals surface area contributed by atoms with Gasteiger partial charge in [0.25, 0.3) is 0 Å². The highest BCUT2D eigenvalue weighted by molar-refractivity contribution is 5.75. The van der Waals surface area contributed by atoms with Gasteiger partial charge < -0.3 is 20.0 Å². The quantitative estimate of drug-likeness (QED) is 0.804. The largest absolute Gasteiger partial charge is 0.481 e. The smallest absolute Gasteiger partial charge is 0.320 e. The van der Waals surface area contributed by atoms with E-state index >= 15 is 0 Å². The molecule has 0 spiro atoms. The molecule has 2 amide bonds. The van der Waals surface area contributed by atoms with Crippen LogP contribution in [0.4, 0.5) is 4.79 Å². The number of carboxylic acids is 1. The van der Waals surface area contributed by atoms with E-state index < -0.39 is 11.6 Å². The molecule has 6 nitrogen and oxygen atoms in total. The molecule has 110 valence electrons. The Hall–Kier alpha value is -1.30. The van der Waals surface area contributed by atoms with Crippen molar-refractivity contribution in [1.82, 2.24) is 9.80 Å². The number of nitrogens with zero attached hydrogens (tertiary/aromatic N) is 2. The summed E-state index contributed by atoms with van der Waals surface area (Å²) in [7, 11) is 0. The van der Waals surface area contributed by atoms with Gasteiger partial charge in [-0.2, -0.15) is 0 Å². The van der Waals surface area contributed by atoms with Gasteiger partial charge in [0.2, 0.25) is 0 Å². The highest BCUT2D eigenvalue weighted by Crippen LogP contribution is 2.22. The summed E-state index contributed by atoms with van der Waals surface area (Å²) in [5.41, 5.74) is -0.701. The fourth-order valence-corrected chi connectivity index (χ4v) is 2.27.